The molecule has 2 aromatic rings. The molecule has 1 aliphatic heterocycles. The van der Waals surface area contributed by atoms with Crippen LogP contribution in [-0.2, 0) is 6.18 Å². The number of halogens is 4. The van der Waals surface area contributed by atoms with Gasteiger partial charge in [0.05, 0.1) is 5.56 Å². The number of nitrogens with zero attached hydrogens (tertiary/aromatic N) is 3. The number of carbonyl (C=O) groups is 2. The number of rotatable bonds is 7. The first-order valence-electron chi connectivity index (χ1n) is 14.1. The highest BCUT2D eigenvalue weighted by Crippen LogP contribution is 2.59. The number of anilines is 1. The Labute approximate surface area is 238 Å². The molecule has 1 saturated carbocycles. The van der Waals surface area contributed by atoms with Gasteiger partial charge in [0.2, 0.25) is 0 Å². The van der Waals surface area contributed by atoms with Crippen molar-refractivity contribution in [2.45, 2.75) is 32.9 Å². The molecule has 1 N–H and O–H groups in total. The summed E-state index contributed by atoms with van der Waals surface area (Å²) in [5.41, 5.74) is 1.30. The highest BCUT2D eigenvalue weighted by molar-refractivity contribution is 5.94. The molecule has 2 aromatic carbocycles. The van der Waals surface area contributed by atoms with Crippen LogP contribution in [0.3, 0.4) is 0 Å². The predicted molar refractivity (Wildman–Crippen MR) is 149 cm³/mol. The van der Waals surface area contributed by atoms with Crippen molar-refractivity contribution in [3.05, 3.63) is 77.1 Å². The third-order valence-electron chi connectivity index (χ3n) is 9.12. The third kappa shape index (κ3) is 6.42. The first-order valence-corrected chi connectivity index (χ1v) is 14.1. The fourth-order valence-electron chi connectivity index (χ4n) is 6.31. The summed E-state index contributed by atoms with van der Waals surface area (Å²) in [6, 6.07) is 9.79. The second-order valence-electron chi connectivity index (χ2n) is 11.9. The molecule has 2 atom stereocenters. The van der Waals surface area contributed by atoms with E-state index in [1.165, 1.54) is 35.9 Å². The lowest BCUT2D eigenvalue weighted by molar-refractivity contribution is -0.137. The van der Waals surface area contributed by atoms with Gasteiger partial charge in [-0.05, 0) is 72.6 Å². The molecule has 6 nitrogen and oxygen atoms in total. The number of benzene rings is 2. The van der Waals surface area contributed by atoms with Gasteiger partial charge in [0.15, 0.2) is 0 Å². The molecule has 2 bridgehead atoms. The average molecular weight is 573 g/mol. The molecule has 0 spiro atoms. The Hall–Kier alpha value is -3.40. The van der Waals surface area contributed by atoms with Crippen molar-refractivity contribution in [3.63, 3.8) is 0 Å². The van der Waals surface area contributed by atoms with E-state index in [0.29, 0.717) is 68.9 Å². The lowest BCUT2D eigenvalue weighted by Crippen LogP contribution is -2.52. The largest absolute Gasteiger partial charge is 0.416 e. The molecule has 2 fully saturated rings. The molecule has 220 valence electrons. The van der Waals surface area contributed by atoms with Gasteiger partial charge in [-0.25, -0.2) is 9.18 Å². The average Bonchev–Trinajstić information content (AvgIpc) is 2.95. The number of amides is 3. The van der Waals surface area contributed by atoms with Crippen molar-refractivity contribution < 1.29 is 27.2 Å². The van der Waals surface area contributed by atoms with E-state index in [1.54, 1.807) is 15.9 Å². The Kier molecular flexibility index (Phi) is 8.14. The Balaban J connectivity index is 1.21. The summed E-state index contributed by atoms with van der Waals surface area (Å²) in [7, 11) is 0. The topological polar surface area (TPSA) is 55.9 Å². The number of hydrogen-bond donors (Lipinski definition) is 1. The zero-order chi connectivity index (χ0) is 29.4. The lowest BCUT2D eigenvalue weighted by Gasteiger charge is -2.57. The highest BCUT2D eigenvalue weighted by atomic mass is 19.4. The van der Waals surface area contributed by atoms with Crippen molar-refractivity contribution in [1.29, 1.82) is 0 Å². The minimum Gasteiger partial charge on any atom is -0.336 e. The SMILES string of the molecule is CC1(C)C2CC=C(CN(CCN3CCN(C(=O)c4cccc(F)c4)CC3)C(=O)Nc3ccc(C(F)(F)F)cc3)C1C2. The molecule has 41 heavy (non-hydrogen) atoms. The number of piperazine rings is 1. The first-order chi connectivity index (χ1) is 19.4. The number of allylic oxidation sites excluding steroid dienone is 1. The van der Waals surface area contributed by atoms with Gasteiger partial charge >= 0.3 is 12.2 Å². The monoisotopic (exact) mass is 572 g/mol. The van der Waals surface area contributed by atoms with Gasteiger partial charge < -0.3 is 15.1 Å². The fourth-order valence-corrected chi connectivity index (χ4v) is 6.31. The Morgan fingerprint density at radius 3 is 2.37 bits per heavy atom. The van der Waals surface area contributed by atoms with Crippen LogP contribution in [0.2, 0.25) is 0 Å². The van der Waals surface area contributed by atoms with Gasteiger partial charge in [-0.2, -0.15) is 13.2 Å². The van der Waals surface area contributed by atoms with Gasteiger partial charge in [0.1, 0.15) is 5.82 Å². The van der Waals surface area contributed by atoms with E-state index in [9.17, 15) is 27.2 Å². The van der Waals surface area contributed by atoms with Crippen LogP contribution in [0.1, 0.15) is 42.6 Å². The molecule has 3 aliphatic carbocycles. The molecule has 2 unspecified atom stereocenters. The number of carbonyl (C=O) groups excluding carboxylic acids is 2. The van der Waals surface area contributed by atoms with Crippen LogP contribution < -0.4 is 5.32 Å². The van der Waals surface area contributed by atoms with E-state index in [2.05, 4.69) is 30.1 Å². The Bertz CT molecular complexity index is 1300. The molecule has 4 aliphatic rings. The summed E-state index contributed by atoms with van der Waals surface area (Å²) in [6.07, 6.45) is -0.0797. The maximum absolute atomic E-state index is 13.6. The molecule has 10 heteroatoms. The van der Waals surface area contributed by atoms with Crippen LogP contribution in [-0.4, -0.2) is 72.5 Å². The smallest absolute Gasteiger partial charge is 0.336 e. The fraction of sp³-hybridized carbons (Fsp3) is 0.484. The summed E-state index contributed by atoms with van der Waals surface area (Å²) in [5.74, 6) is 0.433. The highest BCUT2D eigenvalue weighted by Gasteiger charge is 2.51. The van der Waals surface area contributed by atoms with Crippen molar-refractivity contribution in [1.82, 2.24) is 14.7 Å². The van der Waals surface area contributed by atoms with Crippen LogP contribution in [0.25, 0.3) is 0 Å². The summed E-state index contributed by atoms with van der Waals surface area (Å²) in [4.78, 5) is 31.8. The van der Waals surface area contributed by atoms with Crippen molar-refractivity contribution >= 4 is 17.6 Å². The first kappa shape index (κ1) is 29.1. The number of hydrogen-bond acceptors (Lipinski definition) is 3. The van der Waals surface area contributed by atoms with E-state index in [4.69, 9.17) is 0 Å². The molecule has 0 aromatic heterocycles. The zero-order valence-corrected chi connectivity index (χ0v) is 23.4. The number of alkyl halides is 3. The summed E-state index contributed by atoms with van der Waals surface area (Å²) in [5, 5.41) is 2.78. The molecule has 1 saturated heterocycles. The standard InChI is InChI=1S/C31H36F4N4O2/c1-30(2)24-7-6-22(27(30)19-24)20-39(29(41)36-26-10-8-23(9-11-26)31(33,34)35)17-14-37-12-15-38(16-13-37)28(40)21-4-3-5-25(32)18-21/h3-6,8-11,18,24,27H,7,12-17,19-20H2,1-2H3,(H,36,41). The van der Waals surface area contributed by atoms with Crippen LogP contribution in [0.15, 0.2) is 60.2 Å². The van der Waals surface area contributed by atoms with E-state index in [1.807, 2.05) is 0 Å². The van der Waals surface area contributed by atoms with E-state index < -0.39 is 17.6 Å². The molecule has 6 rings (SSSR count). The van der Waals surface area contributed by atoms with Crippen LogP contribution in [0.5, 0.6) is 0 Å². The number of fused-ring (bicyclic) bond motifs is 1. The van der Waals surface area contributed by atoms with Gasteiger partial charge in [0.25, 0.3) is 5.91 Å². The van der Waals surface area contributed by atoms with Crippen molar-refractivity contribution in [2.24, 2.45) is 17.3 Å². The van der Waals surface area contributed by atoms with Crippen LogP contribution >= 0.6 is 0 Å². The van der Waals surface area contributed by atoms with Gasteiger partial charge in [-0.15, -0.1) is 0 Å². The van der Waals surface area contributed by atoms with Crippen molar-refractivity contribution in [3.8, 4) is 0 Å². The van der Waals surface area contributed by atoms with E-state index >= 15 is 0 Å². The quantitative estimate of drug-likeness (QED) is 0.321. The number of urea groups is 1. The maximum atomic E-state index is 13.6. The second-order valence-corrected chi connectivity index (χ2v) is 11.9. The van der Waals surface area contributed by atoms with Crippen LogP contribution in [0.4, 0.5) is 28.0 Å². The maximum Gasteiger partial charge on any atom is 0.416 e. The second kappa shape index (κ2) is 11.5. The minimum atomic E-state index is -4.44. The lowest BCUT2D eigenvalue weighted by atomic mass is 9.49. The molecule has 3 amide bonds. The summed E-state index contributed by atoms with van der Waals surface area (Å²) < 4.78 is 52.5. The molecular formula is C31H36F4N4O2. The van der Waals surface area contributed by atoms with Crippen molar-refractivity contribution in [2.75, 3.05) is 51.1 Å². The summed E-state index contributed by atoms with van der Waals surface area (Å²) >= 11 is 0. The summed E-state index contributed by atoms with van der Waals surface area (Å²) in [6.45, 7) is 8.26. The molecule has 0 radical (unpaired) electrons. The van der Waals surface area contributed by atoms with Crippen LogP contribution in [0, 0.1) is 23.1 Å². The van der Waals surface area contributed by atoms with Gasteiger partial charge in [-0.3, -0.25) is 9.69 Å². The number of nitrogens with one attached hydrogen (secondary N) is 1. The van der Waals surface area contributed by atoms with Gasteiger partial charge in [0, 0.05) is 57.1 Å². The normalized spacial score (nSPS) is 22.0. The van der Waals surface area contributed by atoms with E-state index in [0.717, 1.165) is 25.0 Å². The molecular weight excluding hydrogens is 536 g/mol. The Morgan fingerprint density at radius 1 is 1.05 bits per heavy atom. The third-order valence-corrected chi connectivity index (χ3v) is 9.12. The zero-order valence-electron chi connectivity index (χ0n) is 23.4. The predicted octanol–water partition coefficient (Wildman–Crippen LogP) is 6.13. The van der Waals surface area contributed by atoms with Gasteiger partial charge in [-0.1, -0.05) is 31.6 Å². The van der Waals surface area contributed by atoms with E-state index in [-0.39, 0.29) is 17.4 Å². The Morgan fingerprint density at radius 2 is 1.76 bits per heavy atom. The molecule has 1 heterocycles. The minimum absolute atomic E-state index is 0.199.